The van der Waals surface area contributed by atoms with E-state index < -0.39 is 0 Å². The molecule has 1 atom stereocenters. The number of fused-ring (bicyclic) bond motifs is 1. The monoisotopic (exact) mass is 388 g/mol. The van der Waals surface area contributed by atoms with Crippen LogP contribution in [0.5, 0.6) is 11.5 Å². The number of hydrogen-bond donors (Lipinski definition) is 1. The number of carbonyl (C=O) groups is 1. The van der Waals surface area contributed by atoms with Crippen molar-refractivity contribution in [1.82, 2.24) is 10.3 Å². The standard InChI is InChI=1S/C24H24N2O3/c27-24(20-8-4-13-25-17-20)26-21(11-9-18-6-2-1-3-7-18)19-10-12-22-23(16-19)29-15-5-14-28-22/h1-4,6-8,10,12-13,16-17,21H,5,9,11,14-15H2,(H,26,27). The van der Waals surface area contributed by atoms with Crippen molar-refractivity contribution >= 4 is 5.91 Å². The van der Waals surface area contributed by atoms with Crippen LogP contribution in [0.2, 0.25) is 0 Å². The second-order valence-corrected chi connectivity index (χ2v) is 7.05. The van der Waals surface area contributed by atoms with E-state index in [9.17, 15) is 4.79 Å². The molecule has 1 amide bonds. The number of carbonyl (C=O) groups excluding carboxylic acids is 1. The Bertz CT molecular complexity index is 945. The van der Waals surface area contributed by atoms with Crippen molar-refractivity contribution in [2.45, 2.75) is 25.3 Å². The summed E-state index contributed by atoms with van der Waals surface area (Å²) < 4.78 is 11.6. The highest BCUT2D eigenvalue weighted by molar-refractivity contribution is 5.94. The van der Waals surface area contributed by atoms with Gasteiger partial charge in [0.15, 0.2) is 11.5 Å². The van der Waals surface area contributed by atoms with Crippen LogP contribution in [0.25, 0.3) is 0 Å². The van der Waals surface area contributed by atoms with E-state index >= 15 is 0 Å². The molecule has 3 aromatic rings. The molecule has 4 rings (SSSR count). The molecule has 0 radical (unpaired) electrons. The molecule has 148 valence electrons. The molecule has 1 aliphatic heterocycles. The minimum absolute atomic E-state index is 0.136. The number of amides is 1. The van der Waals surface area contributed by atoms with E-state index in [1.165, 1.54) is 5.56 Å². The first kappa shape index (κ1) is 19.0. The highest BCUT2D eigenvalue weighted by Crippen LogP contribution is 2.33. The van der Waals surface area contributed by atoms with Gasteiger partial charge in [0.25, 0.3) is 5.91 Å². The zero-order chi connectivity index (χ0) is 19.9. The third kappa shape index (κ3) is 4.93. The molecule has 2 aromatic carbocycles. The fourth-order valence-corrected chi connectivity index (χ4v) is 3.41. The second-order valence-electron chi connectivity index (χ2n) is 7.05. The summed E-state index contributed by atoms with van der Waals surface area (Å²) >= 11 is 0. The summed E-state index contributed by atoms with van der Waals surface area (Å²) in [5, 5.41) is 3.17. The van der Waals surface area contributed by atoms with Gasteiger partial charge in [-0.2, -0.15) is 0 Å². The van der Waals surface area contributed by atoms with Gasteiger partial charge in [-0.3, -0.25) is 9.78 Å². The van der Waals surface area contributed by atoms with Gasteiger partial charge in [-0.25, -0.2) is 0 Å². The predicted molar refractivity (Wildman–Crippen MR) is 111 cm³/mol. The van der Waals surface area contributed by atoms with Crippen molar-refractivity contribution in [1.29, 1.82) is 0 Å². The summed E-state index contributed by atoms with van der Waals surface area (Å²) in [6.07, 6.45) is 5.73. The molecule has 0 spiro atoms. The Morgan fingerprint density at radius 2 is 1.83 bits per heavy atom. The predicted octanol–water partition coefficient (Wildman–Crippen LogP) is 4.35. The Kier molecular flexibility index (Phi) is 6.05. The van der Waals surface area contributed by atoms with Crippen LogP contribution < -0.4 is 14.8 Å². The summed E-state index contributed by atoms with van der Waals surface area (Å²) in [5.41, 5.74) is 2.79. The molecule has 29 heavy (non-hydrogen) atoms. The van der Waals surface area contributed by atoms with Crippen LogP contribution in [0.4, 0.5) is 0 Å². The molecule has 1 N–H and O–H groups in total. The third-order valence-corrected chi connectivity index (χ3v) is 4.97. The van der Waals surface area contributed by atoms with Crippen LogP contribution in [0.15, 0.2) is 73.1 Å². The molecular weight excluding hydrogens is 364 g/mol. The van der Waals surface area contributed by atoms with Gasteiger partial charge >= 0.3 is 0 Å². The Labute approximate surface area is 170 Å². The summed E-state index contributed by atoms with van der Waals surface area (Å²) in [7, 11) is 0. The lowest BCUT2D eigenvalue weighted by molar-refractivity contribution is 0.0934. The van der Waals surface area contributed by atoms with Crippen LogP contribution in [-0.4, -0.2) is 24.1 Å². The lowest BCUT2D eigenvalue weighted by atomic mass is 9.98. The summed E-state index contributed by atoms with van der Waals surface area (Å²) in [6, 6.07) is 19.6. The van der Waals surface area contributed by atoms with E-state index in [0.29, 0.717) is 18.8 Å². The van der Waals surface area contributed by atoms with Gasteiger partial charge in [0.1, 0.15) is 0 Å². The van der Waals surface area contributed by atoms with Crippen LogP contribution in [0.3, 0.4) is 0 Å². The minimum Gasteiger partial charge on any atom is -0.490 e. The molecule has 0 bridgehead atoms. The highest BCUT2D eigenvalue weighted by atomic mass is 16.5. The van der Waals surface area contributed by atoms with E-state index in [0.717, 1.165) is 36.3 Å². The minimum atomic E-state index is -0.153. The first-order chi connectivity index (χ1) is 14.3. The van der Waals surface area contributed by atoms with Crippen molar-refractivity contribution in [2.24, 2.45) is 0 Å². The number of benzene rings is 2. The van der Waals surface area contributed by atoms with Gasteiger partial charge in [-0.15, -0.1) is 0 Å². The van der Waals surface area contributed by atoms with Gasteiger partial charge in [0.2, 0.25) is 0 Å². The molecule has 5 heteroatoms. The Morgan fingerprint density at radius 1 is 1.00 bits per heavy atom. The van der Waals surface area contributed by atoms with E-state index in [2.05, 4.69) is 22.4 Å². The van der Waals surface area contributed by atoms with Crippen molar-refractivity contribution in [3.05, 3.63) is 89.7 Å². The largest absolute Gasteiger partial charge is 0.490 e. The average molecular weight is 388 g/mol. The molecule has 1 aromatic heterocycles. The molecule has 5 nitrogen and oxygen atoms in total. The number of pyridine rings is 1. The lowest BCUT2D eigenvalue weighted by Crippen LogP contribution is -2.29. The number of aryl methyl sites for hydroxylation is 1. The fourth-order valence-electron chi connectivity index (χ4n) is 3.41. The summed E-state index contributed by atoms with van der Waals surface area (Å²) in [5.74, 6) is 1.36. The fraction of sp³-hybridized carbons (Fsp3) is 0.250. The van der Waals surface area contributed by atoms with Crippen molar-refractivity contribution in [3.63, 3.8) is 0 Å². The molecule has 0 aliphatic carbocycles. The maximum absolute atomic E-state index is 12.8. The molecule has 0 fully saturated rings. The number of hydrogen-bond acceptors (Lipinski definition) is 4. The van der Waals surface area contributed by atoms with Crippen molar-refractivity contribution in [2.75, 3.05) is 13.2 Å². The molecular formula is C24H24N2O3. The number of rotatable bonds is 6. The first-order valence-corrected chi connectivity index (χ1v) is 9.94. The van der Waals surface area contributed by atoms with E-state index in [-0.39, 0.29) is 11.9 Å². The second kappa shape index (κ2) is 9.24. The molecule has 2 heterocycles. The maximum atomic E-state index is 12.8. The maximum Gasteiger partial charge on any atom is 0.253 e. The highest BCUT2D eigenvalue weighted by Gasteiger charge is 2.19. The number of ether oxygens (including phenoxy) is 2. The Morgan fingerprint density at radius 3 is 2.62 bits per heavy atom. The smallest absolute Gasteiger partial charge is 0.253 e. The van der Waals surface area contributed by atoms with E-state index in [1.54, 1.807) is 24.5 Å². The average Bonchev–Trinajstić information content (AvgIpc) is 3.02. The lowest BCUT2D eigenvalue weighted by Gasteiger charge is -2.21. The van der Waals surface area contributed by atoms with Gasteiger partial charge in [0, 0.05) is 18.8 Å². The quantitative estimate of drug-likeness (QED) is 0.682. The topological polar surface area (TPSA) is 60.5 Å². The molecule has 0 saturated carbocycles. The van der Waals surface area contributed by atoms with Crippen LogP contribution in [0, 0.1) is 0 Å². The van der Waals surface area contributed by atoms with E-state index in [4.69, 9.17) is 9.47 Å². The van der Waals surface area contributed by atoms with Gasteiger partial charge < -0.3 is 14.8 Å². The molecule has 1 aliphatic rings. The summed E-state index contributed by atoms with van der Waals surface area (Å²) in [6.45, 7) is 1.29. The third-order valence-electron chi connectivity index (χ3n) is 4.97. The zero-order valence-electron chi connectivity index (χ0n) is 16.2. The summed E-state index contributed by atoms with van der Waals surface area (Å²) in [4.78, 5) is 16.8. The van der Waals surface area contributed by atoms with Crippen LogP contribution in [0.1, 0.15) is 40.4 Å². The van der Waals surface area contributed by atoms with Crippen molar-refractivity contribution in [3.8, 4) is 11.5 Å². The first-order valence-electron chi connectivity index (χ1n) is 9.94. The molecule has 1 unspecified atom stereocenters. The number of nitrogens with zero attached hydrogens (tertiary/aromatic N) is 1. The van der Waals surface area contributed by atoms with E-state index in [1.807, 2.05) is 36.4 Å². The normalized spacial score (nSPS) is 13.9. The number of aromatic nitrogens is 1. The van der Waals surface area contributed by atoms with Gasteiger partial charge in [-0.05, 0) is 48.2 Å². The zero-order valence-corrected chi connectivity index (χ0v) is 16.2. The SMILES string of the molecule is O=C(NC(CCc1ccccc1)c1ccc2c(c1)OCCCO2)c1cccnc1. The van der Waals surface area contributed by atoms with Crippen LogP contribution >= 0.6 is 0 Å². The number of nitrogens with one attached hydrogen (secondary N) is 1. The van der Waals surface area contributed by atoms with Crippen LogP contribution in [-0.2, 0) is 6.42 Å². The molecule has 0 saturated heterocycles. The van der Waals surface area contributed by atoms with Crippen molar-refractivity contribution < 1.29 is 14.3 Å². The van der Waals surface area contributed by atoms with Gasteiger partial charge in [0.05, 0.1) is 24.8 Å². The Balaban J connectivity index is 1.57. The Hall–Kier alpha value is -3.34. The van der Waals surface area contributed by atoms with Gasteiger partial charge in [-0.1, -0.05) is 36.4 Å².